The number of rotatable bonds is 6. The van der Waals surface area contributed by atoms with E-state index in [2.05, 4.69) is 10.1 Å². The molecule has 26 heavy (non-hydrogen) atoms. The number of fused-ring (bicyclic) bond motifs is 2. The van der Waals surface area contributed by atoms with E-state index in [0.29, 0.717) is 24.7 Å². The van der Waals surface area contributed by atoms with Gasteiger partial charge in [-0.25, -0.2) is 0 Å². The van der Waals surface area contributed by atoms with Crippen molar-refractivity contribution in [3.63, 3.8) is 0 Å². The third-order valence-corrected chi connectivity index (χ3v) is 5.49. The van der Waals surface area contributed by atoms with Crippen molar-refractivity contribution in [1.29, 1.82) is 0 Å². The highest BCUT2D eigenvalue weighted by atomic mass is 35.5. The van der Waals surface area contributed by atoms with Crippen LogP contribution >= 0.6 is 12.4 Å². The van der Waals surface area contributed by atoms with Gasteiger partial charge in [0.2, 0.25) is 5.91 Å². The van der Waals surface area contributed by atoms with Crippen molar-refractivity contribution in [3.8, 4) is 5.75 Å². The van der Waals surface area contributed by atoms with Gasteiger partial charge in [0.15, 0.2) is 0 Å². The van der Waals surface area contributed by atoms with Crippen LogP contribution in [-0.2, 0) is 11.2 Å². The van der Waals surface area contributed by atoms with E-state index in [1.807, 2.05) is 0 Å². The average Bonchev–Trinajstić information content (AvgIpc) is 2.54. The molecule has 1 aromatic rings. The Morgan fingerprint density at radius 1 is 1.19 bits per heavy atom. The maximum Gasteiger partial charge on any atom is 0.387 e. The number of halogens is 3. The molecule has 2 aliphatic carbocycles. The van der Waals surface area contributed by atoms with Gasteiger partial charge in [0.05, 0.1) is 0 Å². The molecule has 0 aromatic heterocycles. The minimum atomic E-state index is -2.82. The maximum absolute atomic E-state index is 12.3. The predicted octanol–water partition coefficient (Wildman–Crippen LogP) is 3.66. The Bertz CT molecular complexity index is 571. The molecule has 0 saturated heterocycles. The average molecular weight is 389 g/mol. The first-order chi connectivity index (χ1) is 12.0. The Morgan fingerprint density at radius 2 is 1.81 bits per heavy atom. The van der Waals surface area contributed by atoms with Gasteiger partial charge in [0, 0.05) is 18.5 Å². The van der Waals surface area contributed by atoms with Crippen molar-refractivity contribution in [2.45, 2.75) is 63.6 Å². The van der Waals surface area contributed by atoms with Crippen LogP contribution in [0.5, 0.6) is 5.75 Å². The summed E-state index contributed by atoms with van der Waals surface area (Å²) in [7, 11) is 0. The molecule has 2 fully saturated rings. The van der Waals surface area contributed by atoms with Crippen molar-refractivity contribution in [2.75, 3.05) is 0 Å². The van der Waals surface area contributed by atoms with Crippen LogP contribution < -0.4 is 15.8 Å². The summed E-state index contributed by atoms with van der Waals surface area (Å²) in [6.07, 6.45) is 6.54. The zero-order chi connectivity index (χ0) is 17.8. The Labute approximate surface area is 159 Å². The van der Waals surface area contributed by atoms with E-state index in [1.54, 1.807) is 12.1 Å². The molecule has 2 atom stereocenters. The van der Waals surface area contributed by atoms with E-state index in [1.165, 1.54) is 18.6 Å². The summed E-state index contributed by atoms with van der Waals surface area (Å²) in [4.78, 5) is 12.3. The molecule has 7 heteroatoms. The Hall–Kier alpha value is -1.40. The van der Waals surface area contributed by atoms with Gasteiger partial charge in [-0.1, -0.05) is 18.6 Å². The molecule has 0 heterocycles. The van der Waals surface area contributed by atoms with Gasteiger partial charge in [-0.15, -0.1) is 12.4 Å². The van der Waals surface area contributed by atoms with Crippen molar-refractivity contribution >= 4 is 18.3 Å². The zero-order valence-corrected chi connectivity index (χ0v) is 15.5. The van der Waals surface area contributed by atoms with Crippen molar-refractivity contribution in [2.24, 2.45) is 17.6 Å². The summed E-state index contributed by atoms with van der Waals surface area (Å²) in [5, 5.41) is 3.23. The van der Waals surface area contributed by atoms with Crippen LogP contribution in [0.1, 0.15) is 44.1 Å². The van der Waals surface area contributed by atoms with E-state index < -0.39 is 6.61 Å². The fraction of sp³-hybridized carbons (Fsp3) is 0.632. The van der Waals surface area contributed by atoms with Crippen LogP contribution in [0.15, 0.2) is 24.3 Å². The number of carbonyl (C=O) groups excluding carboxylic acids is 1. The third kappa shape index (κ3) is 5.55. The van der Waals surface area contributed by atoms with E-state index in [-0.39, 0.29) is 36.1 Å². The fourth-order valence-electron chi connectivity index (χ4n) is 4.38. The SMILES string of the molecule is Cl.NC1CC2CCCC(C1)C2NC(=O)CCc1ccc(OC(F)F)cc1. The number of ether oxygens (including phenoxy) is 1. The van der Waals surface area contributed by atoms with E-state index in [4.69, 9.17) is 5.73 Å². The highest BCUT2D eigenvalue weighted by molar-refractivity contribution is 5.85. The van der Waals surface area contributed by atoms with E-state index >= 15 is 0 Å². The summed E-state index contributed by atoms with van der Waals surface area (Å²) >= 11 is 0. The lowest BCUT2D eigenvalue weighted by atomic mass is 9.67. The third-order valence-electron chi connectivity index (χ3n) is 5.49. The lowest BCUT2D eigenvalue weighted by Gasteiger charge is -2.45. The Kier molecular flexibility index (Phi) is 7.65. The number of nitrogens with one attached hydrogen (secondary N) is 1. The minimum absolute atomic E-state index is 0. The molecule has 146 valence electrons. The van der Waals surface area contributed by atoms with E-state index in [9.17, 15) is 13.6 Å². The minimum Gasteiger partial charge on any atom is -0.435 e. The van der Waals surface area contributed by atoms with Gasteiger partial charge in [-0.3, -0.25) is 4.79 Å². The summed E-state index contributed by atoms with van der Waals surface area (Å²) < 4.78 is 28.6. The first-order valence-electron chi connectivity index (χ1n) is 9.10. The van der Waals surface area contributed by atoms with Crippen LogP contribution in [0.2, 0.25) is 0 Å². The normalized spacial score (nSPS) is 27.5. The van der Waals surface area contributed by atoms with Crippen molar-refractivity contribution < 1.29 is 18.3 Å². The Morgan fingerprint density at radius 3 is 2.38 bits per heavy atom. The van der Waals surface area contributed by atoms with Crippen molar-refractivity contribution in [3.05, 3.63) is 29.8 Å². The smallest absolute Gasteiger partial charge is 0.387 e. The van der Waals surface area contributed by atoms with Gasteiger partial charge in [0.1, 0.15) is 5.75 Å². The molecule has 0 aliphatic heterocycles. The molecule has 2 saturated carbocycles. The molecule has 3 rings (SSSR count). The molecule has 0 radical (unpaired) electrons. The maximum atomic E-state index is 12.3. The predicted molar refractivity (Wildman–Crippen MR) is 98.6 cm³/mol. The summed E-state index contributed by atoms with van der Waals surface area (Å²) in [5.74, 6) is 1.22. The largest absolute Gasteiger partial charge is 0.435 e. The number of hydrogen-bond donors (Lipinski definition) is 2. The molecule has 3 N–H and O–H groups in total. The molecule has 1 amide bonds. The molecule has 2 bridgehead atoms. The van der Waals surface area contributed by atoms with Gasteiger partial charge >= 0.3 is 6.61 Å². The second-order valence-electron chi connectivity index (χ2n) is 7.30. The van der Waals surface area contributed by atoms with Crippen LogP contribution in [0.3, 0.4) is 0 Å². The number of nitrogens with two attached hydrogens (primary N) is 1. The standard InChI is InChI=1S/C19H26F2N2O2.ClH/c20-19(21)25-16-7-4-12(5-8-16)6-9-17(24)23-18-13-2-1-3-14(18)11-15(22)10-13;/h4-5,7-8,13-15,18-19H,1-3,6,9-11,22H2,(H,23,24);1H. The molecular weight excluding hydrogens is 362 g/mol. The second kappa shape index (κ2) is 9.51. The number of carbonyl (C=O) groups is 1. The van der Waals surface area contributed by atoms with Gasteiger partial charge in [-0.2, -0.15) is 8.78 Å². The number of aryl methyl sites for hydroxylation is 1. The number of amides is 1. The van der Waals surface area contributed by atoms with Crippen molar-refractivity contribution in [1.82, 2.24) is 5.32 Å². The highest BCUT2D eigenvalue weighted by Gasteiger charge is 2.39. The molecule has 4 nitrogen and oxygen atoms in total. The fourth-order valence-corrected chi connectivity index (χ4v) is 4.38. The zero-order valence-electron chi connectivity index (χ0n) is 14.7. The van der Waals surface area contributed by atoms with Crippen LogP contribution in [-0.4, -0.2) is 24.6 Å². The lowest BCUT2D eigenvalue weighted by molar-refractivity contribution is -0.123. The summed E-state index contributed by atoms with van der Waals surface area (Å²) in [5.41, 5.74) is 7.06. The van der Waals surface area contributed by atoms with Gasteiger partial charge in [0.25, 0.3) is 0 Å². The van der Waals surface area contributed by atoms with Gasteiger partial charge in [-0.05, 0) is 61.6 Å². The lowest BCUT2D eigenvalue weighted by Crippen LogP contribution is -2.53. The van der Waals surface area contributed by atoms with Crippen LogP contribution in [0.25, 0.3) is 0 Å². The van der Waals surface area contributed by atoms with Gasteiger partial charge < -0.3 is 15.8 Å². The molecule has 0 spiro atoms. The molecule has 2 unspecified atom stereocenters. The first kappa shape index (κ1) is 20.9. The number of hydrogen-bond acceptors (Lipinski definition) is 3. The summed E-state index contributed by atoms with van der Waals surface area (Å²) in [6, 6.07) is 7.00. The number of alkyl halides is 2. The summed E-state index contributed by atoms with van der Waals surface area (Å²) in [6.45, 7) is -2.82. The quantitative estimate of drug-likeness (QED) is 0.781. The molecular formula is C19H27ClF2N2O2. The van der Waals surface area contributed by atoms with E-state index in [0.717, 1.165) is 31.2 Å². The second-order valence-corrected chi connectivity index (χ2v) is 7.30. The highest BCUT2D eigenvalue weighted by Crippen LogP contribution is 2.39. The Balaban J connectivity index is 0.00000243. The molecule has 1 aromatic carbocycles. The van der Waals surface area contributed by atoms with Crippen LogP contribution in [0.4, 0.5) is 8.78 Å². The number of benzene rings is 1. The molecule has 2 aliphatic rings. The first-order valence-corrected chi connectivity index (χ1v) is 9.10. The topological polar surface area (TPSA) is 64.3 Å². The van der Waals surface area contributed by atoms with Crippen LogP contribution in [0, 0.1) is 11.8 Å². The monoisotopic (exact) mass is 388 g/mol.